The molecule has 0 saturated carbocycles. The van der Waals surface area contributed by atoms with E-state index in [0.717, 1.165) is 15.2 Å². The zero-order chi connectivity index (χ0) is 15.2. The summed E-state index contributed by atoms with van der Waals surface area (Å²) in [7, 11) is 3.85. The van der Waals surface area contributed by atoms with Crippen LogP contribution in [0.1, 0.15) is 6.42 Å². The standard InChI is InChI=1S/C13H17N5OS2/c1-18(2)12-16-17-13(21-12)20-8-7-11(19)15-10-5-3-9(14)4-6-10/h3-6H,7-8,14H2,1-2H3,(H,15,19). The molecule has 0 aliphatic carbocycles. The van der Waals surface area contributed by atoms with Gasteiger partial charge in [-0.25, -0.2) is 0 Å². The summed E-state index contributed by atoms with van der Waals surface area (Å²) >= 11 is 3.06. The molecule has 3 N–H and O–H groups in total. The summed E-state index contributed by atoms with van der Waals surface area (Å²) in [6.45, 7) is 0. The molecule has 0 spiro atoms. The molecule has 0 saturated heterocycles. The van der Waals surface area contributed by atoms with Crippen molar-refractivity contribution in [1.82, 2.24) is 10.2 Å². The van der Waals surface area contributed by atoms with Crippen molar-refractivity contribution in [1.29, 1.82) is 0 Å². The van der Waals surface area contributed by atoms with Gasteiger partial charge in [-0.1, -0.05) is 23.1 Å². The van der Waals surface area contributed by atoms with E-state index in [-0.39, 0.29) is 5.91 Å². The molecule has 0 aliphatic rings. The molecule has 112 valence electrons. The fraction of sp³-hybridized carbons (Fsp3) is 0.308. The molecule has 0 fully saturated rings. The van der Waals surface area contributed by atoms with E-state index in [1.165, 1.54) is 23.1 Å². The number of hydrogen-bond acceptors (Lipinski definition) is 7. The monoisotopic (exact) mass is 323 g/mol. The lowest BCUT2D eigenvalue weighted by Crippen LogP contribution is -2.12. The lowest BCUT2D eigenvalue weighted by Gasteiger charge is -2.05. The number of nitrogens with one attached hydrogen (secondary N) is 1. The molecular formula is C13H17N5OS2. The largest absolute Gasteiger partial charge is 0.399 e. The number of carbonyl (C=O) groups is 1. The lowest BCUT2D eigenvalue weighted by molar-refractivity contribution is -0.115. The van der Waals surface area contributed by atoms with Crippen LogP contribution in [-0.4, -0.2) is 36.0 Å². The fourth-order valence-electron chi connectivity index (χ4n) is 1.46. The normalized spacial score (nSPS) is 10.4. The Labute approximate surface area is 131 Å². The highest BCUT2D eigenvalue weighted by atomic mass is 32.2. The van der Waals surface area contributed by atoms with Gasteiger partial charge in [0.05, 0.1) is 0 Å². The lowest BCUT2D eigenvalue weighted by atomic mass is 10.3. The summed E-state index contributed by atoms with van der Waals surface area (Å²) < 4.78 is 0.874. The molecule has 1 heterocycles. The number of nitrogens with zero attached hydrogens (tertiary/aromatic N) is 3. The molecule has 0 unspecified atom stereocenters. The van der Waals surface area contributed by atoms with Crippen LogP contribution in [0.2, 0.25) is 0 Å². The number of hydrogen-bond donors (Lipinski definition) is 2. The third-order valence-electron chi connectivity index (χ3n) is 2.53. The molecule has 0 bridgehead atoms. The van der Waals surface area contributed by atoms with E-state index in [4.69, 9.17) is 5.73 Å². The predicted octanol–water partition coefficient (Wildman–Crippen LogP) is 2.31. The van der Waals surface area contributed by atoms with Gasteiger partial charge in [-0.05, 0) is 24.3 Å². The van der Waals surface area contributed by atoms with E-state index in [1.54, 1.807) is 24.3 Å². The molecule has 8 heteroatoms. The first-order valence-corrected chi connectivity index (χ1v) is 8.14. The summed E-state index contributed by atoms with van der Waals surface area (Å²) in [5.74, 6) is 0.646. The molecule has 0 atom stereocenters. The minimum absolute atomic E-state index is 0.0235. The van der Waals surface area contributed by atoms with Gasteiger partial charge in [-0.2, -0.15) is 0 Å². The molecule has 2 aromatic rings. The Morgan fingerprint density at radius 1 is 1.33 bits per heavy atom. The quantitative estimate of drug-likeness (QED) is 0.627. The molecule has 1 aromatic carbocycles. The van der Waals surface area contributed by atoms with Gasteiger partial charge < -0.3 is 16.0 Å². The van der Waals surface area contributed by atoms with Crippen LogP contribution in [0.4, 0.5) is 16.5 Å². The van der Waals surface area contributed by atoms with Crippen LogP contribution >= 0.6 is 23.1 Å². The van der Waals surface area contributed by atoms with Gasteiger partial charge in [0.15, 0.2) is 4.34 Å². The van der Waals surface area contributed by atoms with Crippen molar-refractivity contribution in [2.24, 2.45) is 0 Å². The second-order valence-electron chi connectivity index (χ2n) is 4.51. The maximum absolute atomic E-state index is 11.8. The second-order valence-corrected chi connectivity index (χ2v) is 6.81. The number of nitrogen functional groups attached to an aromatic ring is 1. The zero-order valence-electron chi connectivity index (χ0n) is 11.9. The second kappa shape index (κ2) is 7.28. The topological polar surface area (TPSA) is 84.1 Å². The third-order valence-corrected chi connectivity index (χ3v) is 4.75. The van der Waals surface area contributed by atoms with Crippen molar-refractivity contribution in [2.75, 3.05) is 35.8 Å². The van der Waals surface area contributed by atoms with Crippen molar-refractivity contribution >= 4 is 45.5 Å². The van der Waals surface area contributed by atoms with Crippen molar-refractivity contribution in [3.63, 3.8) is 0 Å². The Morgan fingerprint density at radius 3 is 2.67 bits per heavy atom. The molecule has 1 aromatic heterocycles. The number of amides is 1. The Hall–Kier alpha value is -1.80. The summed E-state index contributed by atoms with van der Waals surface area (Å²) in [5, 5.41) is 11.8. The van der Waals surface area contributed by atoms with Crippen LogP contribution in [0.5, 0.6) is 0 Å². The highest BCUT2D eigenvalue weighted by molar-refractivity contribution is 8.01. The third kappa shape index (κ3) is 4.91. The van der Waals surface area contributed by atoms with Crippen molar-refractivity contribution < 1.29 is 4.79 Å². The minimum Gasteiger partial charge on any atom is -0.399 e. The summed E-state index contributed by atoms with van der Waals surface area (Å²) in [6, 6.07) is 7.09. The first-order chi connectivity index (χ1) is 10.0. The molecule has 6 nitrogen and oxygen atoms in total. The Kier molecular flexibility index (Phi) is 5.40. The molecule has 1 amide bonds. The Balaban J connectivity index is 1.74. The SMILES string of the molecule is CN(C)c1nnc(SCCC(=O)Nc2ccc(N)cc2)s1. The van der Waals surface area contributed by atoms with Crippen LogP contribution in [0.3, 0.4) is 0 Å². The first kappa shape index (κ1) is 15.6. The van der Waals surface area contributed by atoms with Gasteiger partial charge in [0.25, 0.3) is 0 Å². The van der Waals surface area contributed by atoms with Gasteiger partial charge in [-0.3, -0.25) is 4.79 Å². The average Bonchev–Trinajstić information content (AvgIpc) is 2.90. The van der Waals surface area contributed by atoms with Crippen LogP contribution in [0.15, 0.2) is 28.6 Å². The van der Waals surface area contributed by atoms with Crippen molar-refractivity contribution in [3.05, 3.63) is 24.3 Å². The number of benzene rings is 1. The number of nitrogens with two attached hydrogens (primary N) is 1. The zero-order valence-corrected chi connectivity index (χ0v) is 13.5. The highest BCUT2D eigenvalue weighted by Crippen LogP contribution is 2.27. The summed E-state index contributed by atoms with van der Waals surface area (Å²) in [5.41, 5.74) is 7.03. The molecule has 21 heavy (non-hydrogen) atoms. The van der Waals surface area contributed by atoms with E-state index in [2.05, 4.69) is 15.5 Å². The van der Waals surface area contributed by atoms with Crippen LogP contribution in [0, 0.1) is 0 Å². The van der Waals surface area contributed by atoms with E-state index >= 15 is 0 Å². The Morgan fingerprint density at radius 2 is 2.05 bits per heavy atom. The van der Waals surface area contributed by atoms with Crippen LogP contribution < -0.4 is 16.0 Å². The summed E-state index contributed by atoms with van der Waals surface area (Å²) in [4.78, 5) is 13.7. The van der Waals surface area contributed by atoms with E-state index in [1.807, 2.05) is 19.0 Å². The van der Waals surface area contributed by atoms with Gasteiger partial charge in [0, 0.05) is 37.6 Å². The van der Waals surface area contributed by atoms with E-state index in [0.29, 0.717) is 17.9 Å². The number of aromatic nitrogens is 2. The predicted molar refractivity (Wildman–Crippen MR) is 89.1 cm³/mol. The highest BCUT2D eigenvalue weighted by Gasteiger charge is 2.08. The van der Waals surface area contributed by atoms with E-state index < -0.39 is 0 Å². The first-order valence-electron chi connectivity index (χ1n) is 6.33. The van der Waals surface area contributed by atoms with Gasteiger partial charge in [0.2, 0.25) is 11.0 Å². The molecular weight excluding hydrogens is 306 g/mol. The van der Waals surface area contributed by atoms with Crippen molar-refractivity contribution in [2.45, 2.75) is 10.8 Å². The molecule has 0 aliphatic heterocycles. The minimum atomic E-state index is -0.0235. The van der Waals surface area contributed by atoms with Gasteiger partial charge in [0.1, 0.15) is 0 Å². The number of thioether (sulfide) groups is 1. The maximum Gasteiger partial charge on any atom is 0.225 e. The van der Waals surface area contributed by atoms with Crippen molar-refractivity contribution in [3.8, 4) is 0 Å². The molecule has 2 rings (SSSR count). The van der Waals surface area contributed by atoms with Gasteiger partial charge in [-0.15, -0.1) is 10.2 Å². The summed E-state index contributed by atoms with van der Waals surface area (Å²) in [6.07, 6.45) is 0.423. The number of rotatable bonds is 6. The van der Waals surface area contributed by atoms with Gasteiger partial charge >= 0.3 is 0 Å². The van der Waals surface area contributed by atoms with Crippen LogP contribution in [0.25, 0.3) is 0 Å². The van der Waals surface area contributed by atoms with E-state index in [9.17, 15) is 4.79 Å². The number of carbonyl (C=O) groups excluding carboxylic acids is 1. The number of anilines is 3. The smallest absolute Gasteiger partial charge is 0.225 e. The van der Waals surface area contributed by atoms with Crippen LogP contribution in [-0.2, 0) is 4.79 Å². The Bertz CT molecular complexity index is 597. The molecule has 0 radical (unpaired) electrons. The average molecular weight is 323 g/mol. The fourth-order valence-corrected chi connectivity index (χ4v) is 3.23. The maximum atomic E-state index is 11.8.